The van der Waals surface area contributed by atoms with Crippen molar-refractivity contribution in [1.29, 1.82) is 0 Å². The van der Waals surface area contributed by atoms with E-state index in [-0.39, 0.29) is 10.8 Å². The van der Waals surface area contributed by atoms with Gasteiger partial charge in [0.1, 0.15) is 5.78 Å². The van der Waals surface area contributed by atoms with Crippen LogP contribution in [0.25, 0.3) is 0 Å². The van der Waals surface area contributed by atoms with E-state index < -0.39 is 0 Å². The predicted octanol–water partition coefficient (Wildman–Crippen LogP) is 8.25. The summed E-state index contributed by atoms with van der Waals surface area (Å²) in [6, 6.07) is 0. The fraction of sp³-hybridized carbons (Fsp3) is 0.906. The van der Waals surface area contributed by atoms with E-state index in [0.29, 0.717) is 45.9 Å². The minimum absolute atomic E-state index is 0.0728. The number of hydrogen-bond donors (Lipinski definition) is 0. The molecule has 0 bridgehead atoms. The second kappa shape index (κ2) is 7.69. The molecule has 0 aromatic rings. The Morgan fingerprint density at radius 1 is 0.794 bits per heavy atom. The zero-order chi connectivity index (χ0) is 24.9. The molecule has 34 heavy (non-hydrogen) atoms. The van der Waals surface area contributed by atoms with E-state index in [2.05, 4.69) is 48.1 Å². The summed E-state index contributed by atoms with van der Waals surface area (Å²) < 4.78 is 6.04. The highest BCUT2D eigenvalue weighted by atomic mass is 16.5. The average Bonchev–Trinajstić information content (AvgIpc) is 3.15. The van der Waals surface area contributed by atoms with Gasteiger partial charge in [-0.05, 0) is 129 Å². The summed E-state index contributed by atoms with van der Waals surface area (Å²) in [6.45, 7) is 21.6. The molecule has 2 heteroatoms. The number of carbonyl (C=O) groups excluding carboxylic acids is 1. The van der Waals surface area contributed by atoms with Gasteiger partial charge in [0.25, 0.3) is 0 Å². The van der Waals surface area contributed by atoms with Crippen LogP contribution in [0.5, 0.6) is 0 Å². The smallest absolute Gasteiger partial charge is 0.136 e. The number of Topliss-reactive ketones (excluding diaryl/α,β-unsaturated/α-hetero) is 1. The third-order valence-electron chi connectivity index (χ3n) is 14.0. The lowest BCUT2D eigenvalue weighted by molar-refractivity contribution is -0.248. The Balaban J connectivity index is 1.55. The lowest BCUT2D eigenvalue weighted by Gasteiger charge is -2.73. The van der Waals surface area contributed by atoms with Crippen molar-refractivity contribution in [3.8, 4) is 0 Å². The number of ether oxygens (including phenoxy) is 1. The standard InChI is InChI=1S/C32H52O2/c1-20(2)22-12-17-32(21(3)33)19-18-30(7)23(27(22)32)10-11-25-29(6)15-14-26(34-9)28(4,5)24(29)13-16-31(25,30)8/h22-27H,1,10-19H2,2-9H3/t22?,23?,24?,25?,26-,27?,29-,30+,31+,32+/m0/s1. The lowest BCUT2D eigenvalue weighted by atomic mass is 9.32. The molecular formula is C32H52O2. The number of carbonyl (C=O) groups is 1. The molecule has 5 aliphatic carbocycles. The van der Waals surface area contributed by atoms with Gasteiger partial charge in [-0.1, -0.05) is 46.8 Å². The van der Waals surface area contributed by atoms with Crippen LogP contribution >= 0.6 is 0 Å². The molecule has 0 amide bonds. The topological polar surface area (TPSA) is 26.3 Å². The molecular weight excluding hydrogens is 416 g/mol. The van der Waals surface area contributed by atoms with Crippen LogP contribution in [0.15, 0.2) is 12.2 Å². The van der Waals surface area contributed by atoms with Gasteiger partial charge in [0.15, 0.2) is 0 Å². The van der Waals surface area contributed by atoms with Gasteiger partial charge in [-0.25, -0.2) is 0 Å². The van der Waals surface area contributed by atoms with Crippen molar-refractivity contribution in [2.24, 2.45) is 56.7 Å². The first kappa shape index (κ1) is 25.0. The maximum absolute atomic E-state index is 13.2. The van der Waals surface area contributed by atoms with E-state index >= 15 is 0 Å². The Bertz CT molecular complexity index is 872. The van der Waals surface area contributed by atoms with Crippen molar-refractivity contribution in [2.75, 3.05) is 7.11 Å². The van der Waals surface area contributed by atoms with Gasteiger partial charge in [0.05, 0.1) is 6.10 Å². The summed E-state index contributed by atoms with van der Waals surface area (Å²) in [6.07, 6.45) is 12.9. The van der Waals surface area contributed by atoms with Crippen LogP contribution in [0.3, 0.4) is 0 Å². The molecule has 192 valence electrons. The lowest BCUT2D eigenvalue weighted by Crippen LogP contribution is -2.67. The molecule has 5 rings (SSSR count). The molecule has 0 N–H and O–H groups in total. The highest BCUT2D eigenvalue weighted by Gasteiger charge is 2.71. The van der Waals surface area contributed by atoms with Gasteiger partial charge in [-0.3, -0.25) is 4.79 Å². The van der Waals surface area contributed by atoms with Gasteiger partial charge in [0.2, 0.25) is 0 Å². The third kappa shape index (κ3) is 2.87. The normalized spacial score (nSPS) is 53.8. The summed E-state index contributed by atoms with van der Waals surface area (Å²) in [5, 5.41) is 0. The molecule has 0 radical (unpaired) electrons. The van der Waals surface area contributed by atoms with Gasteiger partial charge >= 0.3 is 0 Å². The molecule has 5 unspecified atom stereocenters. The molecule has 5 aliphatic rings. The van der Waals surface area contributed by atoms with Crippen LogP contribution in [0.1, 0.15) is 113 Å². The Labute approximate surface area is 210 Å². The van der Waals surface area contributed by atoms with Crippen molar-refractivity contribution in [1.82, 2.24) is 0 Å². The van der Waals surface area contributed by atoms with E-state index in [9.17, 15) is 4.79 Å². The average molecular weight is 469 g/mol. The molecule has 0 aromatic carbocycles. The highest BCUT2D eigenvalue weighted by Crippen LogP contribution is 2.77. The molecule has 0 heterocycles. The van der Waals surface area contributed by atoms with Crippen LogP contribution < -0.4 is 0 Å². The van der Waals surface area contributed by atoms with Crippen LogP contribution in [0.2, 0.25) is 0 Å². The molecule has 0 aliphatic heterocycles. The zero-order valence-electron chi connectivity index (χ0n) is 23.6. The molecule has 5 saturated carbocycles. The van der Waals surface area contributed by atoms with Crippen molar-refractivity contribution >= 4 is 5.78 Å². The van der Waals surface area contributed by atoms with E-state index in [1.54, 1.807) is 0 Å². The number of rotatable bonds is 3. The van der Waals surface area contributed by atoms with Crippen molar-refractivity contribution in [3.05, 3.63) is 12.2 Å². The Hall–Kier alpha value is -0.630. The van der Waals surface area contributed by atoms with Crippen LogP contribution in [-0.2, 0) is 9.53 Å². The number of fused-ring (bicyclic) bond motifs is 7. The molecule has 0 spiro atoms. The van der Waals surface area contributed by atoms with E-state index in [1.807, 2.05) is 14.0 Å². The van der Waals surface area contributed by atoms with E-state index in [1.165, 1.54) is 56.9 Å². The summed E-state index contributed by atoms with van der Waals surface area (Å²) in [7, 11) is 1.93. The zero-order valence-corrected chi connectivity index (χ0v) is 23.6. The summed E-state index contributed by atoms with van der Waals surface area (Å²) in [5.41, 5.74) is 2.60. The monoisotopic (exact) mass is 468 g/mol. The number of allylic oxidation sites excluding steroid dienone is 1. The van der Waals surface area contributed by atoms with E-state index in [0.717, 1.165) is 24.7 Å². The number of ketones is 1. The quantitative estimate of drug-likeness (QED) is 0.390. The second-order valence-corrected chi connectivity index (χ2v) is 15.0. The van der Waals surface area contributed by atoms with E-state index in [4.69, 9.17) is 4.74 Å². The van der Waals surface area contributed by atoms with Gasteiger partial charge in [-0.15, -0.1) is 0 Å². The molecule has 0 saturated heterocycles. The first-order valence-electron chi connectivity index (χ1n) is 14.5. The van der Waals surface area contributed by atoms with Crippen molar-refractivity contribution in [2.45, 2.75) is 119 Å². The SMILES string of the molecule is C=C(C)C1CC[C@]2(C(C)=O)CC[C@]3(C)C(CCC4[C@@]5(C)CC[C@H](OC)C(C)(C)C5CC[C@]43C)C12. The van der Waals surface area contributed by atoms with Crippen LogP contribution in [0, 0.1) is 56.7 Å². The maximum atomic E-state index is 13.2. The third-order valence-corrected chi connectivity index (χ3v) is 14.0. The maximum Gasteiger partial charge on any atom is 0.136 e. The second-order valence-electron chi connectivity index (χ2n) is 15.0. The van der Waals surface area contributed by atoms with Crippen molar-refractivity contribution < 1.29 is 9.53 Å². The minimum atomic E-state index is -0.0728. The summed E-state index contributed by atoms with van der Waals surface area (Å²) in [4.78, 5) is 13.2. The Morgan fingerprint density at radius 2 is 1.50 bits per heavy atom. The summed E-state index contributed by atoms with van der Waals surface area (Å²) in [5.74, 6) is 3.73. The van der Waals surface area contributed by atoms with Gasteiger partial charge < -0.3 is 4.74 Å². The van der Waals surface area contributed by atoms with Crippen LogP contribution in [-0.4, -0.2) is 19.0 Å². The molecule has 0 aromatic heterocycles. The first-order chi connectivity index (χ1) is 15.8. The molecule has 5 fully saturated rings. The number of methoxy groups -OCH3 is 1. The predicted molar refractivity (Wildman–Crippen MR) is 140 cm³/mol. The Morgan fingerprint density at radius 3 is 2.12 bits per heavy atom. The largest absolute Gasteiger partial charge is 0.381 e. The van der Waals surface area contributed by atoms with Crippen LogP contribution in [0.4, 0.5) is 0 Å². The fourth-order valence-corrected chi connectivity index (χ4v) is 12.1. The number of hydrogen-bond acceptors (Lipinski definition) is 2. The summed E-state index contributed by atoms with van der Waals surface area (Å²) >= 11 is 0. The van der Waals surface area contributed by atoms with Gasteiger partial charge in [0, 0.05) is 12.5 Å². The molecule has 2 nitrogen and oxygen atoms in total. The first-order valence-corrected chi connectivity index (χ1v) is 14.5. The minimum Gasteiger partial charge on any atom is -0.381 e. The fourth-order valence-electron chi connectivity index (χ4n) is 12.1. The Kier molecular flexibility index (Phi) is 5.66. The molecule has 10 atom stereocenters. The highest BCUT2D eigenvalue weighted by molar-refractivity contribution is 5.83. The van der Waals surface area contributed by atoms with Gasteiger partial charge in [-0.2, -0.15) is 0 Å². The van der Waals surface area contributed by atoms with Crippen molar-refractivity contribution in [3.63, 3.8) is 0 Å².